The third-order valence-electron chi connectivity index (χ3n) is 5.12. The van der Waals surface area contributed by atoms with E-state index < -0.39 is 10.0 Å². The van der Waals surface area contributed by atoms with Crippen LogP contribution in [0.3, 0.4) is 0 Å². The zero-order chi connectivity index (χ0) is 20.6. The van der Waals surface area contributed by atoms with Gasteiger partial charge >= 0.3 is 0 Å². The fourth-order valence-corrected chi connectivity index (χ4v) is 4.62. The summed E-state index contributed by atoms with van der Waals surface area (Å²) in [5.41, 5.74) is 7.02. The highest BCUT2D eigenvalue weighted by Crippen LogP contribution is 2.42. The monoisotopic (exact) mass is 427 g/mol. The van der Waals surface area contributed by atoms with Crippen molar-refractivity contribution in [1.29, 1.82) is 0 Å². The highest BCUT2D eigenvalue weighted by Gasteiger charge is 2.24. The molecule has 4 rings (SSSR count). The summed E-state index contributed by atoms with van der Waals surface area (Å²) in [6.45, 7) is 2.53. The second-order valence-corrected chi connectivity index (χ2v) is 9.51. The third kappa shape index (κ3) is 4.26. The summed E-state index contributed by atoms with van der Waals surface area (Å²) in [7, 11) is -3.34. The number of sulfonamides is 1. The summed E-state index contributed by atoms with van der Waals surface area (Å²) in [4.78, 5) is 0. The van der Waals surface area contributed by atoms with Crippen molar-refractivity contribution in [2.45, 2.75) is 26.4 Å². The minimum atomic E-state index is -3.34. The van der Waals surface area contributed by atoms with Crippen LogP contribution in [-0.2, 0) is 21.4 Å². The Morgan fingerprint density at radius 3 is 2.79 bits per heavy atom. The number of fused-ring (bicyclic) bond motifs is 1. The van der Waals surface area contributed by atoms with E-state index in [9.17, 15) is 8.42 Å². The van der Waals surface area contributed by atoms with Gasteiger partial charge in [-0.3, -0.25) is 4.72 Å². The van der Waals surface area contributed by atoms with Crippen LogP contribution in [0.1, 0.15) is 36.5 Å². The quantitative estimate of drug-likeness (QED) is 0.675. The summed E-state index contributed by atoms with van der Waals surface area (Å²) < 4.78 is 32.0. The second-order valence-electron chi connectivity index (χ2n) is 7.33. The maximum Gasteiger partial charge on any atom is 0.229 e. The van der Waals surface area contributed by atoms with Crippen molar-refractivity contribution < 1.29 is 13.2 Å². The molecule has 1 heterocycles. The lowest BCUT2D eigenvalue weighted by Crippen LogP contribution is -2.09. The van der Waals surface area contributed by atoms with Gasteiger partial charge in [-0.05, 0) is 77.9 Å². The molecule has 1 aliphatic heterocycles. The molecule has 0 amide bonds. The van der Waals surface area contributed by atoms with E-state index in [1.54, 1.807) is 6.07 Å². The first-order chi connectivity index (χ1) is 13.8. The number of anilines is 1. The molecule has 2 aromatic carbocycles. The number of halogens is 1. The average Bonchev–Trinajstić information content (AvgIpc) is 2.83. The molecule has 0 aromatic heterocycles. The van der Waals surface area contributed by atoms with Gasteiger partial charge < -0.3 is 4.74 Å². The van der Waals surface area contributed by atoms with Crippen molar-refractivity contribution in [3.8, 4) is 0 Å². The summed E-state index contributed by atoms with van der Waals surface area (Å²) in [5.74, 6) is 0.892. The van der Waals surface area contributed by atoms with Crippen molar-refractivity contribution in [2.24, 2.45) is 0 Å². The molecule has 0 spiro atoms. The molecule has 0 radical (unpaired) electrons. The largest absolute Gasteiger partial charge is 0.489 e. The first-order valence-electron chi connectivity index (χ1n) is 9.42. The van der Waals surface area contributed by atoms with Crippen molar-refractivity contribution in [2.75, 3.05) is 11.0 Å². The second kappa shape index (κ2) is 7.73. The molecule has 2 aliphatic rings. The van der Waals surface area contributed by atoms with Crippen LogP contribution < -0.4 is 4.72 Å². The third-order valence-corrected chi connectivity index (χ3v) is 5.96. The van der Waals surface area contributed by atoms with Gasteiger partial charge in [0, 0.05) is 16.3 Å². The minimum Gasteiger partial charge on any atom is -0.489 e. The van der Waals surface area contributed by atoms with E-state index in [1.807, 2.05) is 42.5 Å². The molecule has 0 fully saturated rings. The summed E-state index contributed by atoms with van der Waals surface area (Å²) in [6.07, 6.45) is 7.17. The minimum absolute atomic E-state index is 0.464. The van der Waals surface area contributed by atoms with E-state index in [1.165, 1.54) is 5.57 Å². The van der Waals surface area contributed by atoms with E-state index in [2.05, 4.69) is 17.7 Å². The van der Waals surface area contributed by atoms with Crippen molar-refractivity contribution in [3.63, 3.8) is 0 Å². The molecular weight excluding hydrogens is 406 g/mol. The molecule has 29 heavy (non-hydrogen) atoms. The molecule has 0 bridgehead atoms. The van der Waals surface area contributed by atoms with Crippen molar-refractivity contribution in [3.05, 3.63) is 87.7 Å². The Morgan fingerprint density at radius 1 is 1.17 bits per heavy atom. The lowest BCUT2D eigenvalue weighted by molar-refractivity contribution is 0.209. The Labute approximate surface area is 176 Å². The van der Waals surface area contributed by atoms with Gasteiger partial charge in [0.15, 0.2) is 0 Å². The predicted octanol–water partition coefficient (Wildman–Crippen LogP) is 5.78. The summed E-state index contributed by atoms with van der Waals surface area (Å²) >= 11 is 6.25. The topological polar surface area (TPSA) is 55.4 Å². The van der Waals surface area contributed by atoms with Gasteiger partial charge in [-0.25, -0.2) is 8.42 Å². The molecule has 2 aromatic rings. The Kier molecular flexibility index (Phi) is 5.28. The maximum absolute atomic E-state index is 11.6. The van der Waals surface area contributed by atoms with E-state index in [-0.39, 0.29) is 0 Å². The van der Waals surface area contributed by atoms with Gasteiger partial charge in [-0.1, -0.05) is 35.9 Å². The normalized spacial score (nSPS) is 17.8. The fourth-order valence-electron chi connectivity index (χ4n) is 3.87. The van der Waals surface area contributed by atoms with Gasteiger partial charge in [0.1, 0.15) is 12.4 Å². The zero-order valence-corrected chi connectivity index (χ0v) is 17.9. The number of hydrogen-bond donors (Lipinski definition) is 1. The van der Waals surface area contributed by atoms with Crippen molar-refractivity contribution >= 4 is 38.5 Å². The van der Waals surface area contributed by atoms with Crippen LogP contribution in [0.5, 0.6) is 0 Å². The first kappa shape index (κ1) is 19.8. The van der Waals surface area contributed by atoms with E-state index in [0.29, 0.717) is 17.3 Å². The average molecular weight is 428 g/mol. The lowest BCUT2D eigenvalue weighted by atomic mass is 9.84. The number of allylic oxidation sites excluding steroid dienone is 5. The van der Waals surface area contributed by atoms with Gasteiger partial charge in [0.2, 0.25) is 10.0 Å². The molecule has 0 saturated heterocycles. The molecule has 150 valence electrons. The van der Waals surface area contributed by atoms with Crippen LogP contribution in [0.4, 0.5) is 5.69 Å². The van der Waals surface area contributed by atoms with Gasteiger partial charge in [-0.2, -0.15) is 0 Å². The molecule has 1 N–H and O–H groups in total. The molecule has 1 aliphatic carbocycles. The Balaban J connectivity index is 1.92. The zero-order valence-electron chi connectivity index (χ0n) is 16.3. The summed E-state index contributed by atoms with van der Waals surface area (Å²) in [6, 6.07) is 13.4. The van der Waals surface area contributed by atoms with E-state index >= 15 is 0 Å². The standard InChI is InChI=1S/C23H22ClNO3S/c1-15(16-6-5-7-19(13-16)25-29(2,26)27)23-20-11-10-18(24)12-17(20)14-28-22-9-4-3-8-21(22)23/h4-7,9-13,25H,3,8,14H2,1-2H3/b23-15+. The number of benzene rings is 2. The van der Waals surface area contributed by atoms with Gasteiger partial charge in [0.25, 0.3) is 0 Å². The van der Waals surface area contributed by atoms with Crippen LogP contribution in [0.25, 0.3) is 11.1 Å². The molecule has 0 unspecified atom stereocenters. The highest BCUT2D eigenvalue weighted by atomic mass is 35.5. The molecule has 4 nitrogen and oxygen atoms in total. The number of nitrogens with one attached hydrogen (secondary N) is 1. The van der Waals surface area contributed by atoms with Crippen LogP contribution in [-0.4, -0.2) is 14.7 Å². The molecule has 0 saturated carbocycles. The smallest absolute Gasteiger partial charge is 0.229 e. The molecular formula is C23H22ClNO3S. The molecule has 6 heteroatoms. The van der Waals surface area contributed by atoms with E-state index in [0.717, 1.165) is 52.7 Å². The fraction of sp³-hybridized carbons (Fsp3) is 0.217. The maximum atomic E-state index is 11.6. The van der Waals surface area contributed by atoms with E-state index in [4.69, 9.17) is 16.3 Å². The summed E-state index contributed by atoms with van der Waals surface area (Å²) in [5, 5.41) is 0.680. The Hall–Kier alpha value is -2.50. The SMILES string of the molecule is C/C(=C1\C2=C(C=CCC2)OCc2cc(Cl)ccc21)c1cccc(NS(C)(=O)=O)c1. The Bertz CT molecular complexity index is 1180. The van der Waals surface area contributed by atoms with Crippen molar-refractivity contribution in [1.82, 2.24) is 0 Å². The predicted molar refractivity (Wildman–Crippen MR) is 119 cm³/mol. The number of hydrogen-bond acceptors (Lipinski definition) is 3. The number of rotatable bonds is 3. The van der Waals surface area contributed by atoms with Crippen LogP contribution in [0.2, 0.25) is 5.02 Å². The van der Waals surface area contributed by atoms with Gasteiger partial charge in [-0.15, -0.1) is 0 Å². The van der Waals surface area contributed by atoms with Crippen LogP contribution >= 0.6 is 11.6 Å². The molecule has 0 atom stereocenters. The van der Waals surface area contributed by atoms with Crippen LogP contribution in [0.15, 0.2) is 65.9 Å². The first-order valence-corrected chi connectivity index (χ1v) is 11.7. The van der Waals surface area contributed by atoms with Gasteiger partial charge in [0.05, 0.1) is 6.26 Å². The lowest BCUT2D eigenvalue weighted by Gasteiger charge is -2.20. The van der Waals surface area contributed by atoms with Crippen LogP contribution in [0, 0.1) is 0 Å². The Morgan fingerprint density at radius 2 is 2.00 bits per heavy atom. The number of ether oxygens (including phenoxy) is 1. The highest BCUT2D eigenvalue weighted by molar-refractivity contribution is 7.92.